The fraction of sp³-hybridized carbons (Fsp3) is 0.125. The van der Waals surface area contributed by atoms with Crippen LogP contribution in [0, 0.1) is 6.92 Å². The summed E-state index contributed by atoms with van der Waals surface area (Å²) in [5, 5.41) is 0. The number of rotatable bonds is 4. The maximum Gasteiger partial charge on any atom is 0.282 e. The molecule has 2 aromatic rings. The molecular formula is C16H15NO3S. The zero-order valence-electron chi connectivity index (χ0n) is 11.8. The second-order valence-corrected chi connectivity index (χ2v) is 6.33. The van der Waals surface area contributed by atoms with Gasteiger partial charge < -0.3 is 0 Å². The van der Waals surface area contributed by atoms with Gasteiger partial charge in [0.1, 0.15) is 0 Å². The highest BCUT2D eigenvalue weighted by Gasteiger charge is 2.10. The fourth-order valence-corrected chi connectivity index (χ4v) is 2.57. The van der Waals surface area contributed by atoms with Crippen LogP contribution in [-0.2, 0) is 10.0 Å². The van der Waals surface area contributed by atoms with Crippen LogP contribution in [0.3, 0.4) is 0 Å². The van der Waals surface area contributed by atoms with Crippen LogP contribution in [0.25, 0.3) is 0 Å². The maximum atomic E-state index is 12.0. The van der Waals surface area contributed by atoms with Crippen molar-refractivity contribution in [3.8, 4) is 0 Å². The number of carbonyl (C=O) groups is 1. The number of Topliss-reactive ketones (excluding diaryl/α,β-unsaturated/α-hetero) is 1. The van der Waals surface area contributed by atoms with E-state index in [0.717, 1.165) is 5.56 Å². The predicted molar refractivity (Wildman–Crippen MR) is 82.4 cm³/mol. The molecule has 0 bridgehead atoms. The van der Waals surface area contributed by atoms with Crippen LogP contribution in [0.4, 0.5) is 0 Å². The normalized spacial score (nSPS) is 11.7. The molecular weight excluding hydrogens is 286 g/mol. The van der Waals surface area contributed by atoms with Crippen molar-refractivity contribution >= 4 is 22.0 Å². The molecule has 0 saturated heterocycles. The van der Waals surface area contributed by atoms with Gasteiger partial charge in [-0.15, -0.1) is 0 Å². The Kier molecular flexibility index (Phi) is 4.33. The summed E-state index contributed by atoms with van der Waals surface area (Å²) in [5.41, 5.74) is 2.18. The first kappa shape index (κ1) is 15.1. The lowest BCUT2D eigenvalue weighted by atomic mass is 10.1. The number of hydrogen-bond acceptors (Lipinski definition) is 3. The molecule has 0 unspecified atom stereocenters. The van der Waals surface area contributed by atoms with E-state index in [9.17, 15) is 13.2 Å². The summed E-state index contributed by atoms with van der Waals surface area (Å²) >= 11 is 0. The number of ketones is 1. The Morgan fingerprint density at radius 3 is 2.10 bits per heavy atom. The van der Waals surface area contributed by atoms with E-state index in [4.69, 9.17) is 0 Å². The first-order valence-electron chi connectivity index (χ1n) is 6.36. The molecule has 0 atom stereocenters. The van der Waals surface area contributed by atoms with Crippen LogP contribution in [0.15, 0.2) is 57.8 Å². The average molecular weight is 301 g/mol. The molecule has 108 valence electrons. The topological polar surface area (TPSA) is 63.6 Å². The Balaban J connectivity index is 2.23. The molecule has 0 heterocycles. The molecule has 0 aliphatic rings. The van der Waals surface area contributed by atoms with Crippen molar-refractivity contribution in [2.75, 3.05) is 0 Å². The summed E-state index contributed by atoms with van der Waals surface area (Å²) in [6.07, 6.45) is 1.28. The molecule has 0 aliphatic heterocycles. The van der Waals surface area contributed by atoms with Gasteiger partial charge in [-0.25, -0.2) is 0 Å². The second-order valence-electron chi connectivity index (χ2n) is 4.70. The van der Waals surface area contributed by atoms with Crippen LogP contribution in [0.5, 0.6) is 0 Å². The van der Waals surface area contributed by atoms with E-state index >= 15 is 0 Å². The SMILES string of the molecule is CC(=O)c1ccc(C=NS(=O)(=O)c2ccc(C)cc2)cc1. The Bertz CT molecular complexity index is 773. The van der Waals surface area contributed by atoms with E-state index in [-0.39, 0.29) is 10.7 Å². The maximum absolute atomic E-state index is 12.0. The molecule has 0 aliphatic carbocycles. The number of carbonyl (C=O) groups excluding carboxylic acids is 1. The molecule has 2 rings (SSSR count). The molecule has 0 saturated carbocycles. The van der Waals surface area contributed by atoms with Crippen molar-refractivity contribution in [1.82, 2.24) is 0 Å². The molecule has 5 heteroatoms. The van der Waals surface area contributed by atoms with Gasteiger partial charge >= 0.3 is 0 Å². The van der Waals surface area contributed by atoms with Gasteiger partial charge in [-0.1, -0.05) is 42.0 Å². The van der Waals surface area contributed by atoms with Crippen molar-refractivity contribution < 1.29 is 13.2 Å². The average Bonchev–Trinajstić information content (AvgIpc) is 2.46. The molecule has 0 N–H and O–H groups in total. The lowest BCUT2D eigenvalue weighted by Gasteiger charge is -2.00. The Morgan fingerprint density at radius 2 is 1.57 bits per heavy atom. The molecule has 0 radical (unpaired) electrons. The minimum Gasteiger partial charge on any atom is -0.295 e. The first-order chi connectivity index (χ1) is 9.88. The monoisotopic (exact) mass is 301 g/mol. The highest BCUT2D eigenvalue weighted by Crippen LogP contribution is 2.13. The van der Waals surface area contributed by atoms with Crippen LogP contribution in [-0.4, -0.2) is 20.4 Å². The first-order valence-corrected chi connectivity index (χ1v) is 7.80. The number of hydrogen-bond donors (Lipinski definition) is 0. The molecule has 0 aromatic heterocycles. The van der Waals surface area contributed by atoms with Crippen molar-refractivity contribution in [3.05, 3.63) is 65.2 Å². The predicted octanol–water partition coefficient (Wildman–Crippen LogP) is 3.01. The van der Waals surface area contributed by atoms with Crippen molar-refractivity contribution in [1.29, 1.82) is 0 Å². The van der Waals surface area contributed by atoms with Gasteiger partial charge in [0.25, 0.3) is 10.0 Å². The summed E-state index contributed by atoms with van der Waals surface area (Å²) in [6.45, 7) is 3.36. The molecule has 4 nitrogen and oxygen atoms in total. The van der Waals surface area contributed by atoms with E-state index in [1.807, 2.05) is 6.92 Å². The van der Waals surface area contributed by atoms with E-state index in [1.165, 1.54) is 25.3 Å². The van der Waals surface area contributed by atoms with Gasteiger partial charge in [0.15, 0.2) is 5.78 Å². The standard InChI is InChI=1S/C16H15NO3S/c1-12-3-9-16(10-4-12)21(19,20)17-11-14-5-7-15(8-6-14)13(2)18/h3-11H,1-2H3. The van der Waals surface area contributed by atoms with Gasteiger partial charge in [0, 0.05) is 11.8 Å². The van der Waals surface area contributed by atoms with Crippen LogP contribution >= 0.6 is 0 Å². The number of sulfonamides is 1. The largest absolute Gasteiger partial charge is 0.295 e. The summed E-state index contributed by atoms with van der Waals surface area (Å²) in [5.74, 6) is -0.0363. The van der Waals surface area contributed by atoms with E-state index in [1.54, 1.807) is 36.4 Å². The number of aryl methyl sites for hydroxylation is 1. The summed E-state index contributed by atoms with van der Waals surface area (Å²) < 4.78 is 27.7. The van der Waals surface area contributed by atoms with Crippen LogP contribution < -0.4 is 0 Å². The van der Waals surface area contributed by atoms with Crippen molar-refractivity contribution in [2.24, 2.45) is 4.40 Å². The quantitative estimate of drug-likeness (QED) is 0.644. The zero-order chi connectivity index (χ0) is 15.5. The van der Waals surface area contributed by atoms with Crippen molar-refractivity contribution in [3.63, 3.8) is 0 Å². The molecule has 0 spiro atoms. The van der Waals surface area contributed by atoms with Crippen LogP contribution in [0.1, 0.15) is 28.4 Å². The molecule has 21 heavy (non-hydrogen) atoms. The summed E-state index contributed by atoms with van der Waals surface area (Å²) in [4.78, 5) is 11.3. The Morgan fingerprint density at radius 1 is 1.00 bits per heavy atom. The third kappa shape index (κ3) is 3.86. The van der Waals surface area contributed by atoms with E-state index in [2.05, 4.69) is 4.40 Å². The smallest absolute Gasteiger partial charge is 0.282 e. The third-order valence-corrected chi connectivity index (χ3v) is 4.23. The highest BCUT2D eigenvalue weighted by molar-refractivity contribution is 7.90. The summed E-state index contributed by atoms with van der Waals surface area (Å²) in [6, 6.07) is 13.1. The second kappa shape index (κ2) is 6.01. The third-order valence-electron chi connectivity index (χ3n) is 2.98. The molecule has 0 fully saturated rings. The minimum absolute atomic E-state index is 0.0363. The van der Waals surface area contributed by atoms with Gasteiger partial charge in [0.05, 0.1) is 4.90 Å². The summed E-state index contributed by atoms with van der Waals surface area (Å²) in [7, 11) is -3.70. The van der Waals surface area contributed by atoms with E-state index < -0.39 is 10.0 Å². The number of nitrogens with zero attached hydrogens (tertiary/aromatic N) is 1. The zero-order valence-corrected chi connectivity index (χ0v) is 12.6. The van der Waals surface area contributed by atoms with Crippen LogP contribution in [0.2, 0.25) is 0 Å². The van der Waals surface area contributed by atoms with Gasteiger partial charge in [-0.2, -0.15) is 12.8 Å². The number of benzene rings is 2. The van der Waals surface area contributed by atoms with Crippen molar-refractivity contribution in [2.45, 2.75) is 18.7 Å². The van der Waals surface area contributed by atoms with E-state index in [0.29, 0.717) is 11.1 Å². The molecule has 2 aromatic carbocycles. The minimum atomic E-state index is -3.70. The Hall–Kier alpha value is -2.27. The van der Waals surface area contributed by atoms with Gasteiger partial charge in [-0.3, -0.25) is 4.79 Å². The fourth-order valence-electron chi connectivity index (χ4n) is 1.71. The highest BCUT2D eigenvalue weighted by atomic mass is 32.2. The molecule has 0 amide bonds. The Labute approximate surface area is 124 Å². The lowest BCUT2D eigenvalue weighted by molar-refractivity contribution is 0.101. The lowest BCUT2D eigenvalue weighted by Crippen LogP contribution is -1.98. The van der Waals surface area contributed by atoms with Gasteiger partial charge in [0.2, 0.25) is 0 Å². The van der Waals surface area contributed by atoms with Gasteiger partial charge in [-0.05, 0) is 31.5 Å².